The maximum absolute atomic E-state index is 11.4. The summed E-state index contributed by atoms with van der Waals surface area (Å²) in [6.45, 7) is 3.16. The topological polar surface area (TPSA) is 54.0 Å². The first-order valence-corrected chi connectivity index (χ1v) is 5.23. The molecule has 1 aromatic rings. The third kappa shape index (κ3) is 4.27. The number of nitrogens with one attached hydrogen (secondary N) is 2. The fourth-order valence-electron chi connectivity index (χ4n) is 1.05. The van der Waals surface area contributed by atoms with Gasteiger partial charge < -0.3 is 10.6 Å². The second-order valence-corrected chi connectivity index (χ2v) is 3.42. The number of rotatable bonds is 5. The molecule has 15 heavy (non-hydrogen) atoms. The Kier molecular flexibility index (Phi) is 5.07. The van der Waals surface area contributed by atoms with Crippen molar-refractivity contribution in [1.82, 2.24) is 10.3 Å². The van der Waals surface area contributed by atoms with E-state index >= 15 is 0 Å². The summed E-state index contributed by atoms with van der Waals surface area (Å²) in [5.74, 6) is -0.113. The van der Waals surface area contributed by atoms with Crippen molar-refractivity contribution in [1.29, 1.82) is 0 Å². The molecule has 0 aliphatic rings. The lowest BCUT2D eigenvalue weighted by atomic mass is 10.4. The molecule has 82 valence electrons. The van der Waals surface area contributed by atoms with Crippen molar-refractivity contribution in [3.63, 3.8) is 0 Å². The number of nitrogens with zero attached hydrogens (tertiary/aromatic N) is 1. The third-order valence-electron chi connectivity index (χ3n) is 1.75. The SMILES string of the molecule is CCCNCC(=O)Nc1cccnc1Cl. The van der Waals surface area contributed by atoms with Crippen LogP contribution in [0.15, 0.2) is 18.3 Å². The molecule has 0 aliphatic carbocycles. The highest BCUT2D eigenvalue weighted by Crippen LogP contribution is 2.16. The van der Waals surface area contributed by atoms with Gasteiger partial charge in [-0.05, 0) is 25.1 Å². The van der Waals surface area contributed by atoms with Gasteiger partial charge in [0, 0.05) is 6.20 Å². The number of carbonyl (C=O) groups is 1. The van der Waals surface area contributed by atoms with Crippen molar-refractivity contribution in [3.05, 3.63) is 23.5 Å². The summed E-state index contributed by atoms with van der Waals surface area (Å²) in [4.78, 5) is 15.2. The maximum Gasteiger partial charge on any atom is 0.238 e. The molecule has 1 rings (SSSR count). The van der Waals surface area contributed by atoms with Crippen LogP contribution < -0.4 is 10.6 Å². The minimum absolute atomic E-state index is 0.113. The molecule has 1 aromatic heterocycles. The van der Waals surface area contributed by atoms with Gasteiger partial charge in [-0.3, -0.25) is 4.79 Å². The molecule has 0 fully saturated rings. The van der Waals surface area contributed by atoms with Gasteiger partial charge in [0.2, 0.25) is 5.91 Å². The van der Waals surface area contributed by atoms with Crippen molar-refractivity contribution in [3.8, 4) is 0 Å². The average molecular weight is 228 g/mol. The Bertz CT molecular complexity index is 330. The van der Waals surface area contributed by atoms with Crippen LogP contribution in [0.1, 0.15) is 13.3 Å². The van der Waals surface area contributed by atoms with Gasteiger partial charge in [0.1, 0.15) is 0 Å². The Labute approximate surface area is 94.0 Å². The Morgan fingerprint density at radius 3 is 3.07 bits per heavy atom. The average Bonchev–Trinajstić information content (AvgIpc) is 2.22. The summed E-state index contributed by atoms with van der Waals surface area (Å²) in [7, 11) is 0. The van der Waals surface area contributed by atoms with Crippen molar-refractivity contribution < 1.29 is 4.79 Å². The van der Waals surface area contributed by atoms with Crippen molar-refractivity contribution in [2.24, 2.45) is 0 Å². The molecule has 1 heterocycles. The Morgan fingerprint density at radius 1 is 1.60 bits per heavy atom. The van der Waals surface area contributed by atoms with E-state index in [4.69, 9.17) is 11.6 Å². The van der Waals surface area contributed by atoms with Crippen LogP contribution in [-0.4, -0.2) is 24.0 Å². The monoisotopic (exact) mass is 227 g/mol. The van der Waals surface area contributed by atoms with E-state index in [0.717, 1.165) is 13.0 Å². The summed E-state index contributed by atoms with van der Waals surface area (Å²) in [5, 5.41) is 5.98. The molecule has 0 atom stereocenters. The smallest absolute Gasteiger partial charge is 0.238 e. The summed E-state index contributed by atoms with van der Waals surface area (Å²) in [6, 6.07) is 3.44. The molecule has 0 aromatic carbocycles. The largest absolute Gasteiger partial charge is 0.322 e. The molecule has 1 amide bonds. The van der Waals surface area contributed by atoms with E-state index in [0.29, 0.717) is 17.4 Å². The number of hydrogen-bond acceptors (Lipinski definition) is 3. The molecule has 2 N–H and O–H groups in total. The summed E-state index contributed by atoms with van der Waals surface area (Å²) in [6.07, 6.45) is 2.58. The zero-order chi connectivity index (χ0) is 11.1. The van der Waals surface area contributed by atoms with Gasteiger partial charge >= 0.3 is 0 Å². The van der Waals surface area contributed by atoms with E-state index in [9.17, 15) is 4.79 Å². The highest BCUT2D eigenvalue weighted by molar-refractivity contribution is 6.32. The minimum Gasteiger partial charge on any atom is -0.322 e. The summed E-state index contributed by atoms with van der Waals surface area (Å²) in [5.41, 5.74) is 0.544. The first kappa shape index (κ1) is 11.9. The molecular formula is C10H14ClN3O. The van der Waals surface area contributed by atoms with Crippen LogP contribution in [0.3, 0.4) is 0 Å². The molecule has 0 unspecified atom stereocenters. The predicted octanol–water partition coefficient (Wildman–Crippen LogP) is 1.67. The van der Waals surface area contributed by atoms with Crippen LogP contribution in [0.5, 0.6) is 0 Å². The standard InChI is InChI=1S/C10H14ClN3O/c1-2-5-12-7-9(15)14-8-4-3-6-13-10(8)11/h3-4,6,12H,2,5,7H2,1H3,(H,14,15). The van der Waals surface area contributed by atoms with Gasteiger partial charge in [-0.2, -0.15) is 0 Å². The molecule has 0 saturated carbocycles. The van der Waals surface area contributed by atoms with Crippen LogP contribution in [0.25, 0.3) is 0 Å². The van der Waals surface area contributed by atoms with Gasteiger partial charge in [-0.1, -0.05) is 18.5 Å². The zero-order valence-corrected chi connectivity index (χ0v) is 9.34. The van der Waals surface area contributed by atoms with Gasteiger partial charge in [0.25, 0.3) is 0 Å². The first-order chi connectivity index (χ1) is 7.24. The lowest BCUT2D eigenvalue weighted by molar-refractivity contribution is -0.115. The second-order valence-electron chi connectivity index (χ2n) is 3.07. The molecule has 0 radical (unpaired) electrons. The summed E-state index contributed by atoms with van der Waals surface area (Å²) < 4.78 is 0. The molecule has 4 nitrogen and oxygen atoms in total. The lowest BCUT2D eigenvalue weighted by Crippen LogP contribution is -2.28. The summed E-state index contributed by atoms with van der Waals surface area (Å²) >= 11 is 5.78. The molecule has 0 saturated heterocycles. The van der Waals surface area contributed by atoms with Gasteiger partial charge in [-0.15, -0.1) is 0 Å². The van der Waals surface area contributed by atoms with Crippen LogP contribution in [0.4, 0.5) is 5.69 Å². The lowest BCUT2D eigenvalue weighted by Gasteiger charge is -2.06. The Hall–Kier alpha value is -1.13. The highest BCUT2D eigenvalue weighted by Gasteiger charge is 2.04. The normalized spacial score (nSPS) is 10.0. The number of carbonyl (C=O) groups excluding carboxylic acids is 1. The Balaban J connectivity index is 2.41. The number of amides is 1. The molecule has 0 bridgehead atoms. The van der Waals surface area contributed by atoms with Gasteiger partial charge in [0.05, 0.1) is 12.2 Å². The van der Waals surface area contributed by atoms with Gasteiger partial charge in [-0.25, -0.2) is 4.98 Å². The number of halogens is 1. The number of aromatic nitrogens is 1. The third-order valence-corrected chi connectivity index (χ3v) is 2.05. The number of hydrogen-bond donors (Lipinski definition) is 2. The molecule has 0 spiro atoms. The minimum atomic E-state index is -0.113. The van der Waals surface area contributed by atoms with E-state index in [-0.39, 0.29) is 5.91 Å². The van der Waals surface area contributed by atoms with Crippen LogP contribution in [-0.2, 0) is 4.79 Å². The van der Waals surface area contributed by atoms with Crippen LogP contribution >= 0.6 is 11.6 Å². The number of anilines is 1. The molecular weight excluding hydrogens is 214 g/mol. The van der Waals surface area contributed by atoms with Gasteiger partial charge in [0.15, 0.2) is 5.15 Å². The van der Waals surface area contributed by atoms with E-state index in [2.05, 4.69) is 15.6 Å². The van der Waals surface area contributed by atoms with E-state index in [1.807, 2.05) is 6.92 Å². The zero-order valence-electron chi connectivity index (χ0n) is 8.59. The molecule has 5 heteroatoms. The van der Waals surface area contributed by atoms with Crippen molar-refractivity contribution >= 4 is 23.2 Å². The second kappa shape index (κ2) is 6.37. The van der Waals surface area contributed by atoms with E-state index in [1.54, 1.807) is 18.3 Å². The number of pyridine rings is 1. The quantitative estimate of drug-likeness (QED) is 0.595. The van der Waals surface area contributed by atoms with E-state index < -0.39 is 0 Å². The van der Waals surface area contributed by atoms with Crippen LogP contribution in [0.2, 0.25) is 5.15 Å². The highest BCUT2D eigenvalue weighted by atomic mass is 35.5. The predicted molar refractivity (Wildman–Crippen MR) is 61.0 cm³/mol. The van der Waals surface area contributed by atoms with Crippen molar-refractivity contribution in [2.45, 2.75) is 13.3 Å². The Morgan fingerprint density at radius 2 is 2.40 bits per heavy atom. The fraction of sp³-hybridized carbons (Fsp3) is 0.400. The first-order valence-electron chi connectivity index (χ1n) is 4.85. The van der Waals surface area contributed by atoms with E-state index in [1.165, 1.54) is 0 Å². The van der Waals surface area contributed by atoms with Crippen molar-refractivity contribution in [2.75, 3.05) is 18.4 Å². The van der Waals surface area contributed by atoms with Crippen LogP contribution in [0, 0.1) is 0 Å². The fourth-order valence-corrected chi connectivity index (χ4v) is 1.22. The maximum atomic E-state index is 11.4. The molecule has 0 aliphatic heterocycles.